The molecule has 0 fully saturated rings. The summed E-state index contributed by atoms with van der Waals surface area (Å²) in [6.45, 7) is 0. The molecule has 19 heavy (non-hydrogen) atoms. The van der Waals surface area contributed by atoms with Crippen LogP contribution in [0.5, 0.6) is 0 Å². The molecule has 8 heteroatoms. The van der Waals surface area contributed by atoms with E-state index in [1.54, 1.807) is 24.5 Å². The molecular weight excluding hydrogens is 309 g/mol. The lowest BCUT2D eigenvalue weighted by atomic mass is 10.3. The van der Waals surface area contributed by atoms with Crippen LogP contribution in [0.3, 0.4) is 0 Å². The molecule has 1 aromatic heterocycles. The van der Waals surface area contributed by atoms with Gasteiger partial charge in [-0.3, -0.25) is 0 Å². The molecule has 0 aliphatic heterocycles. The van der Waals surface area contributed by atoms with Crippen molar-refractivity contribution in [1.82, 2.24) is 9.78 Å². The van der Waals surface area contributed by atoms with Crippen LogP contribution in [-0.4, -0.2) is 27.1 Å². The molecule has 2 rings (SSSR count). The van der Waals surface area contributed by atoms with Crippen molar-refractivity contribution in [2.24, 2.45) is 0 Å². The summed E-state index contributed by atoms with van der Waals surface area (Å²) in [4.78, 5) is 11.2. The van der Waals surface area contributed by atoms with E-state index in [4.69, 9.17) is 34.0 Å². The molecule has 0 spiro atoms. The van der Waals surface area contributed by atoms with Gasteiger partial charge in [0, 0.05) is 0 Å². The Morgan fingerprint density at radius 2 is 2.11 bits per heavy atom. The van der Waals surface area contributed by atoms with Crippen LogP contribution in [0.25, 0.3) is 5.69 Å². The van der Waals surface area contributed by atoms with Crippen molar-refractivity contribution < 1.29 is 9.90 Å². The molecule has 3 N–H and O–H groups in total. The molecule has 1 aromatic carbocycles. The minimum Gasteiger partial charge on any atom is -0.477 e. The fourth-order valence-electron chi connectivity index (χ4n) is 1.57. The van der Waals surface area contributed by atoms with E-state index in [1.165, 1.54) is 16.4 Å². The third kappa shape index (κ3) is 2.51. The summed E-state index contributed by atoms with van der Waals surface area (Å²) in [5, 5.41) is 14.4. The number of carboxylic acid groups (broad SMARTS) is 1. The lowest BCUT2D eigenvalue weighted by Crippen LogP contribution is -2.05. The van der Waals surface area contributed by atoms with Crippen molar-refractivity contribution >= 4 is 46.8 Å². The SMILES string of the molecule is CSc1nn(-c2ccc(Cl)c(Cl)c2)c(N)c1C(=O)O. The number of anilines is 1. The van der Waals surface area contributed by atoms with Crippen molar-refractivity contribution in [3.05, 3.63) is 33.8 Å². The smallest absolute Gasteiger partial charge is 0.342 e. The average Bonchev–Trinajstić information content (AvgIpc) is 2.70. The Bertz CT molecular complexity index is 658. The predicted molar refractivity (Wildman–Crippen MR) is 76.7 cm³/mol. The summed E-state index contributed by atoms with van der Waals surface area (Å²) in [7, 11) is 0. The maximum Gasteiger partial charge on any atom is 0.342 e. The molecule has 0 bridgehead atoms. The quantitative estimate of drug-likeness (QED) is 0.850. The highest BCUT2D eigenvalue weighted by molar-refractivity contribution is 7.98. The van der Waals surface area contributed by atoms with Crippen LogP contribution in [0.1, 0.15) is 10.4 Å². The maximum absolute atomic E-state index is 11.2. The van der Waals surface area contributed by atoms with Gasteiger partial charge in [-0.2, -0.15) is 5.10 Å². The zero-order valence-corrected chi connectivity index (χ0v) is 12.1. The molecular formula is C11H9Cl2N3O2S. The summed E-state index contributed by atoms with van der Waals surface area (Å²) >= 11 is 13.0. The van der Waals surface area contributed by atoms with E-state index in [9.17, 15) is 4.79 Å². The maximum atomic E-state index is 11.2. The van der Waals surface area contributed by atoms with Gasteiger partial charge in [0.05, 0.1) is 15.7 Å². The van der Waals surface area contributed by atoms with Gasteiger partial charge in [-0.1, -0.05) is 23.2 Å². The first-order valence-corrected chi connectivity index (χ1v) is 7.05. The molecule has 1 heterocycles. The second kappa shape index (κ2) is 5.32. The third-order valence-electron chi connectivity index (χ3n) is 2.44. The minimum atomic E-state index is -1.12. The van der Waals surface area contributed by atoms with Crippen LogP contribution in [-0.2, 0) is 0 Å². The van der Waals surface area contributed by atoms with Gasteiger partial charge >= 0.3 is 5.97 Å². The first kappa shape index (κ1) is 14.0. The van der Waals surface area contributed by atoms with Crippen molar-refractivity contribution in [1.29, 1.82) is 0 Å². The molecule has 5 nitrogen and oxygen atoms in total. The fraction of sp³-hybridized carbons (Fsp3) is 0.0909. The number of rotatable bonds is 3. The highest BCUT2D eigenvalue weighted by atomic mass is 35.5. The van der Waals surface area contributed by atoms with Crippen molar-refractivity contribution in [2.75, 3.05) is 12.0 Å². The van der Waals surface area contributed by atoms with E-state index in [-0.39, 0.29) is 11.4 Å². The van der Waals surface area contributed by atoms with E-state index >= 15 is 0 Å². The number of hydrogen-bond donors (Lipinski definition) is 2. The van der Waals surface area contributed by atoms with E-state index in [1.807, 2.05) is 0 Å². The highest BCUT2D eigenvalue weighted by Gasteiger charge is 2.22. The number of nitrogen functional groups attached to an aromatic ring is 1. The lowest BCUT2D eigenvalue weighted by Gasteiger charge is -2.05. The van der Waals surface area contributed by atoms with Gasteiger partial charge < -0.3 is 10.8 Å². The van der Waals surface area contributed by atoms with E-state index < -0.39 is 5.97 Å². The Morgan fingerprint density at radius 3 is 2.58 bits per heavy atom. The number of thioether (sulfide) groups is 1. The number of carbonyl (C=O) groups is 1. The van der Waals surface area contributed by atoms with Crippen molar-refractivity contribution in [2.45, 2.75) is 5.03 Å². The number of benzene rings is 1. The molecule has 0 aliphatic rings. The second-order valence-corrected chi connectivity index (χ2v) is 5.19. The van der Waals surface area contributed by atoms with E-state index in [0.717, 1.165) is 0 Å². The van der Waals surface area contributed by atoms with Gasteiger partial charge in [-0.25, -0.2) is 9.48 Å². The van der Waals surface area contributed by atoms with E-state index in [2.05, 4.69) is 5.10 Å². The van der Waals surface area contributed by atoms with Gasteiger partial charge in [-0.05, 0) is 24.5 Å². The Hall–Kier alpha value is -1.37. The topological polar surface area (TPSA) is 81.1 Å². The van der Waals surface area contributed by atoms with Gasteiger partial charge in [0.1, 0.15) is 16.4 Å². The van der Waals surface area contributed by atoms with E-state index in [0.29, 0.717) is 20.8 Å². The summed E-state index contributed by atoms with van der Waals surface area (Å²) in [5.41, 5.74) is 6.37. The Labute approximate surface area is 123 Å². The number of aromatic carboxylic acids is 1. The van der Waals surface area contributed by atoms with Crippen LogP contribution >= 0.6 is 35.0 Å². The molecule has 0 radical (unpaired) electrons. The number of nitrogens with two attached hydrogens (primary N) is 1. The molecule has 0 saturated carbocycles. The second-order valence-electron chi connectivity index (χ2n) is 3.58. The molecule has 0 amide bonds. The molecule has 100 valence electrons. The van der Waals surface area contributed by atoms with Gasteiger partial charge in [0.25, 0.3) is 0 Å². The van der Waals surface area contributed by atoms with Crippen molar-refractivity contribution in [3.63, 3.8) is 0 Å². The number of carboxylic acids is 1. The van der Waals surface area contributed by atoms with Crippen molar-refractivity contribution in [3.8, 4) is 5.69 Å². The lowest BCUT2D eigenvalue weighted by molar-refractivity contribution is 0.0694. The van der Waals surface area contributed by atoms with Gasteiger partial charge in [-0.15, -0.1) is 11.8 Å². The van der Waals surface area contributed by atoms with Crippen LogP contribution in [0.4, 0.5) is 5.82 Å². The largest absolute Gasteiger partial charge is 0.477 e. The molecule has 0 aliphatic carbocycles. The number of aromatic nitrogens is 2. The summed E-state index contributed by atoms with van der Waals surface area (Å²) < 4.78 is 1.33. The molecule has 0 atom stereocenters. The summed E-state index contributed by atoms with van der Waals surface area (Å²) in [5.74, 6) is -1.07. The van der Waals surface area contributed by atoms with Crippen LogP contribution in [0.15, 0.2) is 23.2 Å². The third-order valence-corrected chi connectivity index (χ3v) is 3.86. The Morgan fingerprint density at radius 1 is 1.42 bits per heavy atom. The normalized spacial score (nSPS) is 10.7. The number of hydrogen-bond acceptors (Lipinski definition) is 4. The zero-order chi connectivity index (χ0) is 14.2. The number of nitrogens with zero attached hydrogens (tertiary/aromatic N) is 2. The minimum absolute atomic E-state index is 0.0152. The average molecular weight is 318 g/mol. The standard InChI is InChI=1S/C11H9Cl2N3O2S/c1-19-10-8(11(17)18)9(14)16(15-10)5-2-3-6(12)7(13)4-5/h2-4H,14H2,1H3,(H,17,18). The van der Waals surface area contributed by atoms with Crippen LogP contribution in [0, 0.1) is 0 Å². The molecule has 2 aromatic rings. The summed E-state index contributed by atoms with van der Waals surface area (Å²) in [6, 6.07) is 4.83. The monoisotopic (exact) mass is 317 g/mol. The zero-order valence-electron chi connectivity index (χ0n) is 9.72. The van der Waals surface area contributed by atoms with Crippen LogP contribution < -0.4 is 5.73 Å². The molecule has 0 unspecified atom stereocenters. The van der Waals surface area contributed by atoms with Gasteiger partial charge in [0.2, 0.25) is 0 Å². The summed E-state index contributed by atoms with van der Waals surface area (Å²) in [6.07, 6.45) is 1.73. The van der Waals surface area contributed by atoms with Crippen LogP contribution in [0.2, 0.25) is 10.0 Å². The van der Waals surface area contributed by atoms with Gasteiger partial charge in [0.15, 0.2) is 0 Å². The molecule has 0 saturated heterocycles. The first-order chi connectivity index (χ1) is 8.95. The number of halogens is 2. The predicted octanol–water partition coefficient (Wildman–Crippen LogP) is 3.18. The Kier molecular flexibility index (Phi) is 3.93. The Balaban J connectivity index is 2.62. The highest BCUT2D eigenvalue weighted by Crippen LogP contribution is 2.30. The first-order valence-electron chi connectivity index (χ1n) is 5.07. The fourth-order valence-corrected chi connectivity index (χ4v) is 2.42.